The second kappa shape index (κ2) is 9.27. The fourth-order valence-corrected chi connectivity index (χ4v) is 2.96. The quantitative estimate of drug-likeness (QED) is 0.513. The number of rotatable bonds is 7. The summed E-state index contributed by atoms with van der Waals surface area (Å²) in [4.78, 5) is 48.4. The lowest BCUT2D eigenvalue weighted by molar-refractivity contribution is -0.125. The Bertz CT molecular complexity index is 977. The van der Waals surface area contributed by atoms with Gasteiger partial charge in [-0.3, -0.25) is 14.5 Å². The zero-order valence-corrected chi connectivity index (χ0v) is 16.7. The first-order chi connectivity index (χ1) is 14.4. The molecule has 1 aliphatic heterocycles. The van der Waals surface area contributed by atoms with E-state index in [-0.39, 0.29) is 24.6 Å². The molecule has 30 heavy (non-hydrogen) atoms. The van der Waals surface area contributed by atoms with Crippen molar-refractivity contribution in [1.82, 2.24) is 10.2 Å². The molecule has 0 radical (unpaired) electrons. The Morgan fingerprint density at radius 3 is 2.50 bits per heavy atom. The van der Waals surface area contributed by atoms with Crippen molar-refractivity contribution >= 4 is 41.1 Å². The largest absolute Gasteiger partial charge is 0.495 e. The van der Waals surface area contributed by atoms with Gasteiger partial charge in [-0.2, -0.15) is 0 Å². The van der Waals surface area contributed by atoms with Gasteiger partial charge >= 0.3 is 12.0 Å². The standard InChI is InChI=1S/C20H18ClN3O6/c1-29-16-7-6-14(8-15(16)21)23-17(25)11-30-19(27)13-4-2-12(3-5-13)10-24-18(26)9-22-20(24)28/h2-8H,9-11H2,1H3,(H,22,28)(H,23,25). The van der Waals surface area contributed by atoms with Gasteiger partial charge in [0.15, 0.2) is 6.61 Å². The molecule has 0 bridgehead atoms. The molecule has 1 fully saturated rings. The van der Waals surface area contributed by atoms with E-state index in [0.29, 0.717) is 22.0 Å². The number of carbonyl (C=O) groups is 4. The van der Waals surface area contributed by atoms with Crippen LogP contribution in [0.3, 0.4) is 0 Å². The van der Waals surface area contributed by atoms with Gasteiger partial charge in [0, 0.05) is 5.69 Å². The molecule has 0 atom stereocenters. The Kier molecular flexibility index (Phi) is 6.53. The summed E-state index contributed by atoms with van der Waals surface area (Å²) in [6, 6.07) is 10.5. The van der Waals surface area contributed by atoms with Crippen LogP contribution in [0.25, 0.3) is 0 Å². The van der Waals surface area contributed by atoms with E-state index in [2.05, 4.69) is 10.6 Å². The van der Waals surface area contributed by atoms with Crippen molar-refractivity contribution in [2.45, 2.75) is 6.54 Å². The summed E-state index contributed by atoms with van der Waals surface area (Å²) in [5.41, 5.74) is 1.34. The predicted octanol–water partition coefficient (Wildman–Crippen LogP) is 2.20. The average Bonchev–Trinajstić information content (AvgIpc) is 3.05. The van der Waals surface area contributed by atoms with Gasteiger partial charge in [-0.05, 0) is 35.9 Å². The number of halogens is 1. The lowest BCUT2D eigenvalue weighted by Gasteiger charge is -2.12. The normalized spacial score (nSPS) is 13.1. The fraction of sp³-hybridized carbons (Fsp3) is 0.200. The monoisotopic (exact) mass is 431 g/mol. The molecule has 2 aromatic rings. The number of urea groups is 1. The zero-order chi connectivity index (χ0) is 21.7. The molecule has 0 aromatic heterocycles. The van der Waals surface area contributed by atoms with Crippen molar-refractivity contribution in [3.8, 4) is 5.75 Å². The van der Waals surface area contributed by atoms with Gasteiger partial charge in [-0.1, -0.05) is 23.7 Å². The van der Waals surface area contributed by atoms with Crippen molar-refractivity contribution in [2.75, 3.05) is 25.6 Å². The molecular weight excluding hydrogens is 414 g/mol. The molecule has 0 spiro atoms. The average molecular weight is 432 g/mol. The van der Waals surface area contributed by atoms with Gasteiger partial charge in [-0.15, -0.1) is 0 Å². The van der Waals surface area contributed by atoms with E-state index >= 15 is 0 Å². The number of amides is 4. The van der Waals surface area contributed by atoms with Crippen LogP contribution in [0, 0.1) is 0 Å². The van der Waals surface area contributed by atoms with Crippen LogP contribution in [-0.4, -0.2) is 49.0 Å². The first-order valence-electron chi connectivity index (χ1n) is 8.85. The highest BCUT2D eigenvalue weighted by Gasteiger charge is 2.28. The van der Waals surface area contributed by atoms with E-state index in [1.165, 1.54) is 25.3 Å². The molecule has 4 amide bonds. The molecule has 1 saturated heterocycles. The number of anilines is 1. The molecule has 156 valence electrons. The molecule has 1 aliphatic rings. The van der Waals surface area contributed by atoms with E-state index in [0.717, 1.165) is 4.90 Å². The van der Waals surface area contributed by atoms with E-state index < -0.39 is 24.5 Å². The summed E-state index contributed by atoms with van der Waals surface area (Å²) in [5.74, 6) is -1.05. The van der Waals surface area contributed by atoms with Crippen LogP contribution in [0.2, 0.25) is 5.02 Å². The third kappa shape index (κ3) is 5.06. The highest BCUT2D eigenvalue weighted by Crippen LogP contribution is 2.27. The Morgan fingerprint density at radius 1 is 1.17 bits per heavy atom. The minimum Gasteiger partial charge on any atom is -0.495 e. The summed E-state index contributed by atoms with van der Waals surface area (Å²) >= 11 is 6.00. The van der Waals surface area contributed by atoms with Gasteiger partial charge in [0.2, 0.25) is 5.91 Å². The Hall–Kier alpha value is -3.59. The number of methoxy groups -OCH3 is 1. The number of hydrogen-bond donors (Lipinski definition) is 2. The van der Waals surface area contributed by atoms with Crippen molar-refractivity contribution in [2.24, 2.45) is 0 Å². The van der Waals surface area contributed by atoms with E-state index in [9.17, 15) is 19.2 Å². The van der Waals surface area contributed by atoms with Gasteiger partial charge in [0.05, 0.1) is 30.8 Å². The smallest absolute Gasteiger partial charge is 0.338 e. The molecule has 0 unspecified atom stereocenters. The van der Waals surface area contributed by atoms with Gasteiger partial charge < -0.3 is 20.1 Å². The highest BCUT2D eigenvalue weighted by atomic mass is 35.5. The molecule has 2 N–H and O–H groups in total. The minimum absolute atomic E-state index is 0.0198. The SMILES string of the molecule is COc1ccc(NC(=O)COC(=O)c2ccc(CN3C(=O)CNC3=O)cc2)cc1Cl. The van der Waals surface area contributed by atoms with Crippen LogP contribution in [0.5, 0.6) is 5.75 Å². The lowest BCUT2D eigenvalue weighted by atomic mass is 10.1. The summed E-state index contributed by atoms with van der Waals surface area (Å²) < 4.78 is 10.0. The first kappa shape index (κ1) is 21.1. The molecular formula is C20H18ClN3O6. The molecule has 0 saturated carbocycles. The van der Waals surface area contributed by atoms with Crippen molar-refractivity contribution < 1.29 is 28.7 Å². The lowest BCUT2D eigenvalue weighted by Crippen LogP contribution is -2.30. The molecule has 10 heteroatoms. The van der Waals surface area contributed by atoms with Gasteiger partial charge in [0.1, 0.15) is 5.75 Å². The third-order valence-electron chi connectivity index (χ3n) is 4.24. The minimum atomic E-state index is -0.681. The van der Waals surface area contributed by atoms with E-state index in [4.69, 9.17) is 21.1 Å². The maximum Gasteiger partial charge on any atom is 0.338 e. The number of esters is 1. The van der Waals surface area contributed by atoms with E-state index in [1.54, 1.807) is 24.3 Å². The van der Waals surface area contributed by atoms with Crippen LogP contribution in [-0.2, 0) is 20.9 Å². The Labute approximate surface area is 176 Å². The second-order valence-corrected chi connectivity index (χ2v) is 6.72. The predicted molar refractivity (Wildman–Crippen MR) is 107 cm³/mol. The Balaban J connectivity index is 1.50. The summed E-state index contributed by atoms with van der Waals surface area (Å²) in [6.07, 6.45) is 0. The van der Waals surface area contributed by atoms with Crippen LogP contribution in [0.15, 0.2) is 42.5 Å². The first-order valence-corrected chi connectivity index (χ1v) is 9.23. The number of nitrogens with zero attached hydrogens (tertiary/aromatic N) is 1. The van der Waals surface area contributed by atoms with Crippen LogP contribution in [0.4, 0.5) is 10.5 Å². The number of ether oxygens (including phenoxy) is 2. The van der Waals surface area contributed by atoms with Crippen molar-refractivity contribution in [3.05, 3.63) is 58.6 Å². The maximum absolute atomic E-state index is 12.1. The number of carbonyl (C=O) groups excluding carboxylic acids is 4. The Morgan fingerprint density at radius 2 is 1.90 bits per heavy atom. The van der Waals surface area contributed by atoms with Crippen LogP contribution in [0.1, 0.15) is 15.9 Å². The van der Waals surface area contributed by atoms with E-state index in [1.807, 2.05) is 0 Å². The number of benzene rings is 2. The summed E-state index contributed by atoms with van der Waals surface area (Å²) in [5, 5.41) is 5.34. The van der Waals surface area contributed by atoms with Gasteiger partial charge in [0.25, 0.3) is 5.91 Å². The van der Waals surface area contributed by atoms with Crippen molar-refractivity contribution in [1.29, 1.82) is 0 Å². The zero-order valence-electron chi connectivity index (χ0n) is 15.9. The maximum atomic E-state index is 12.1. The second-order valence-electron chi connectivity index (χ2n) is 6.31. The third-order valence-corrected chi connectivity index (χ3v) is 4.53. The topological polar surface area (TPSA) is 114 Å². The molecule has 0 aliphatic carbocycles. The number of hydrogen-bond acceptors (Lipinski definition) is 6. The number of imide groups is 1. The molecule has 3 rings (SSSR count). The number of nitrogens with one attached hydrogen (secondary N) is 2. The highest BCUT2D eigenvalue weighted by molar-refractivity contribution is 6.32. The fourth-order valence-electron chi connectivity index (χ4n) is 2.70. The van der Waals surface area contributed by atoms with Crippen LogP contribution >= 0.6 is 11.6 Å². The molecule has 9 nitrogen and oxygen atoms in total. The molecule has 2 aromatic carbocycles. The molecule has 1 heterocycles. The summed E-state index contributed by atoms with van der Waals surface area (Å²) in [6.45, 7) is -0.395. The van der Waals surface area contributed by atoms with Crippen LogP contribution < -0.4 is 15.4 Å². The van der Waals surface area contributed by atoms with Crippen molar-refractivity contribution in [3.63, 3.8) is 0 Å². The summed E-state index contributed by atoms with van der Waals surface area (Å²) in [7, 11) is 1.48. The van der Waals surface area contributed by atoms with Gasteiger partial charge in [-0.25, -0.2) is 9.59 Å².